The molecule has 182 valence electrons. The number of aliphatic carboxylic acids is 1. The molecule has 34 heavy (non-hydrogen) atoms. The molecule has 7 heteroatoms. The van der Waals surface area contributed by atoms with Crippen LogP contribution in [-0.2, 0) is 16.1 Å². The highest BCUT2D eigenvalue weighted by Crippen LogP contribution is 2.50. The fourth-order valence-electron chi connectivity index (χ4n) is 4.58. The van der Waals surface area contributed by atoms with E-state index in [2.05, 4.69) is 0 Å². The Kier molecular flexibility index (Phi) is 7.45. The topological polar surface area (TPSA) is 99.9 Å². The predicted molar refractivity (Wildman–Crippen MR) is 127 cm³/mol. The lowest BCUT2D eigenvalue weighted by atomic mass is 9.87. The highest BCUT2D eigenvalue weighted by Gasteiger charge is 2.36. The number of aliphatic hydroxyl groups excluding tert-OH is 2. The van der Waals surface area contributed by atoms with Crippen molar-refractivity contribution in [2.45, 2.75) is 76.1 Å². The number of hydrogen-bond donors (Lipinski definition) is 3. The molecule has 0 saturated heterocycles. The average Bonchev–Trinajstić information content (AvgIpc) is 3.66. The van der Waals surface area contributed by atoms with Crippen LogP contribution >= 0.6 is 0 Å². The lowest BCUT2D eigenvalue weighted by molar-refractivity contribution is -0.139. The van der Waals surface area contributed by atoms with Crippen LogP contribution in [0, 0.1) is 12.7 Å². The number of carboxylic acids is 1. The summed E-state index contributed by atoms with van der Waals surface area (Å²) in [7, 11) is 1.62. The molecule has 0 aliphatic heterocycles. The number of pyridine rings is 1. The second-order valence-corrected chi connectivity index (χ2v) is 9.48. The number of carbonyl (C=O) groups is 1. The van der Waals surface area contributed by atoms with E-state index in [1.807, 2.05) is 13.0 Å². The Labute approximate surface area is 199 Å². The molecule has 1 heterocycles. The highest BCUT2D eigenvalue weighted by atomic mass is 19.1. The Hall–Kier alpha value is -2.61. The van der Waals surface area contributed by atoms with Crippen LogP contribution in [0.4, 0.5) is 4.39 Å². The highest BCUT2D eigenvalue weighted by molar-refractivity contribution is 5.82. The molecule has 0 radical (unpaired) electrons. The number of carboxylic acid groups (broad SMARTS) is 1. The van der Waals surface area contributed by atoms with Crippen LogP contribution in [0.3, 0.4) is 0 Å². The van der Waals surface area contributed by atoms with Gasteiger partial charge >= 0.3 is 5.97 Å². The number of rotatable bonds is 11. The number of ether oxygens (including phenoxy) is 1. The minimum absolute atomic E-state index is 0.103. The summed E-state index contributed by atoms with van der Waals surface area (Å²) in [6.45, 7) is 2.18. The molecule has 1 aromatic carbocycles. The monoisotopic (exact) mass is 469 g/mol. The summed E-state index contributed by atoms with van der Waals surface area (Å²) >= 11 is 0. The lowest BCUT2D eigenvalue weighted by Gasteiger charge is -2.22. The SMILES string of the molecule is COCc1c(C2CC2)nc(C2CC2)c(/C=C/[C@@H](O)C[C@@H](O)CC(=O)O)c1-c1c(C)cccc1F. The van der Waals surface area contributed by atoms with E-state index < -0.39 is 24.6 Å². The fourth-order valence-corrected chi connectivity index (χ4v) is 4.58. The summed E-state index contributed by atoms with van der Waals surface area (Å²) in [6, 6.07) is 5.03. The van der Waals surface area contributed by atoms with E-state index in [4.69, 9.17) is 14.8 Å². The van der Waals surface area contributed by atoms with Crippen molar-refractivity contribution in [3.63, 3.8) is 0 Å². The molecular weight excluding hydrogens is 437 g/mol. The van der Waals surface area contributed by atoms with Gasteiger partial charge in [-0.05, 0) is 44.2 Å². The maximum absolute atomic E-state index is 15.3. The number of aryl methyl sites for hydroxylation is 1. The molecular formula is C27H32FNO5. The van der Waals surface area contributed by atoms with Crippen molar-refractivity contribution in [2.24, 2.45) is 0 Å². The van der Waals surface area contributed by atoms with E-state index >= 15 is 4.39 Å². The van der Waals surface area contributed by atoms with Crippen molar-refractivity contribution in [1.82, 2.24) is 4.98 Å². The maximum atomic E-state index is 15.3. The van der Waals surface area contributed by atoms with Gasteiger partial charge < -0.3 is 20.1 Å². The zero-order valence-corrected chi connectivity index (χ0v) is 19.6. The summed E-state index contributed by atoms with van der Waals surface area (Å²) in [5, 5.41) is 29.3. The number of hydrogen-bond acceptors (Lipinski definition) is 5. The Morgan fingerprint density at radius 3 is 2.44 bits per heavy atom. The van der Waals surface area contributed by atoms with Gasteiger partial charge in [-0.15, -0.1) is 0 Å². The molecule has 0 bridgehead atoms. The molecule has 2 aromatic rings. The van der Waals surface area contributed by atoms with Gasteiger partial charge in [0.1, 0.15) is 5.82 Å². The number of methoxy groups -OCH3 is 1. The summed E-state index contributed by atoms with van der Waals surface area (Å²) in [6.07, 6.45) is 4.68. The number of aliphatic hydroxyl groups is 2. The Bertz CT molecular complexity index is 1070. The van der Waals surface area contributed by atoms with E-state index in [1.54, 1.807) is 25.3 Å². The van der Waals surface area contributed by atoms with Crippen molar-refractivity contribution in [2.75, 3.05) is 7.11 Å². The summed E-state index contributed by atoms with van der Waals surface area (Å²) < 4.78 is 20.9. The zero-order valence-electron chi connectivity index (χ0n) is 19.6. The third kappa shape index (κ3) is 5.54. The number of nitrogens with zero attached hydrogens (tertiary/aromatic N) is 1. The average molecular weight is 470 g/mol. The van der Waals surface area contributed by atoms with Gasteiger partial charge in [0.2, 0.25) is 0 Å². The molecule has 0 spiro atoms. The van der Waals surface area contributed by atoms with E-state index in [0.29, 0.717) is 18.1 Å². The van der Waals surface area contributed by atoms with Crippen molar-refractivity contribution in [1.29, 1.82) is 0 Å². The molecule has 2 saturated carbocycles. The molecule has 3 N–H and O–H groups in total. The normalized spacial score (nSPS) is 17.8. The van der Waals surface area contributed by atoms with Crippen LogP contribution in [0.25, 0.3) is 17.2 Å². The van der Waals surface area contributed by atoms with Crippen LogP contribution in [0.1, 0.15) is 78.4 Å². The molecule has 1 aromatic heterocycles. The maximum Gasteiger partial charge on any atom is 0.305 e. The first-order valence-electron chi connectivity index (χ1n) is 11.9. The van der Waals surface area contributed by atoms with Crippen molar-refractivity contribution in [3.05, 3.63) is 58.2 Å². The second kappa shape index (κ2) is 10.3. The van der Waals surface area contributed by atoms with Gasteiger partial charge in [-0.3, -0.25) is 9.78 Å². The van der Waals surface area contributed by atoms with E-state index in [1.165, 1.54) is 6.07 Å². The van der Waals surface area contributed by atoms with E-state index in [0.717, 1.165) is 59.3 Å². The smallest absolute Gasteiger partial charge is 0.305 e. The van der Waals surface area contributed by atoms with Crippen LogP contribution < -0.4 is 0 Å². The first kappa shape index (κ1) is 24.5. The standard InChI is InChI=1S/C27H32FNO5/c1-15-4-3-5-22(28)24(15)25-20(11-10-18(30)12-19(31)13-23(32)33)26(16-6-7-16)29-27(17-8-9-17)21(25)14-34-2/h3-5,10-11,16-19,30-31H,6-9,12-14H2,1-2H3,(H,32,33)/b11-10+/t18-,19-/m1/s1. The van der Waals surface area contributed by atoms with Gasteiger partial charge in [-0.25, -0.2) is 4.39 Å². The Morgan fingerprint density at radius 2 is 1.85 bits per heavy atom. The molecule has 0 unspecified atom stereocenters. The molecule has 2 aliphatic carbocycles. The van der Waals surface area contributed by atoms with E-state index in [-0.39, 0.29) is 18.2 Å². The number of benzene rings is 1. The molecule has 0 amide bonds. The van der Waals surface area contributed by atoms with Crippen molar-refractivity contribution >= 4 is 12.0 Å². The summed E-state index contributed by atoms with van der Waals surface area (Å²) in [5.41, 5.74) is 5.61. The van der Waals surface area contributed by atoms with Crippen LogP contribution in [-0.4, -0.2) is 45.6 Å². The number of aromatic nitrogens is 1. The van der Waals surface area contributed by atoms with Crippen LogP contribution in [0.5, 0.6) is 0 Å². The van der Waals surface area contributed by atoms with Crippen LogP contribution in [0.2, 0.25) is 0 Å². The van der Waals surface area contributed by atoms with E-state index in [9.17, 15) is 15.0 Å². The molecule has 2 fully saturated rings. The summed E-state index contributed by atoms with van der Waals surface area (Å²) in [5.74, 6) is -0.808. The molecule has 6 nitrogen and oxygen atoms in total. The minimum atomic E-state index is -1.16. The zero-order chi connectivity index (χ0) is 24.4. The molecule has 4 rings (SSSR count). The Morgan fingerprint density at radius 1 is 1.18 bits per heavy atom. The minimum Gasteiger partial charge on any atom is -0.481 e. The van der Waals surface area contributed by atoms with Gasteiger partial charge in [0.15, 0.2) is 0 Å². The Balaban J connectivity index is 1.85. The summed E-state index contributed by atoms with van der Waals surface area (Å²) in [4.78, 5) is 15.9. The lowest BCUT2D eigenvalue weighted by Crippen LogP contribution is -2.19. The van der Waals surface area contributed by atoms with Crippen molar-refractivity contribution < 1.29 is 29.2 Å². The van der Waals surface area contributed by atoms with Gasteiger partial charge in [0.05, 0.1) is 30.9 Å². The second-order valence-electron chi connectivity index (χ2n) is 9.48. The first-order valence-corrected chi connectivity index (χ1v) is 11.9. The van der Waals surface area contributed by atoms with Crippen molar-refractivity contribution in [3.8, 4) is 11.1 Å². The third-order valence-corrected chi connectivity index (χ3v) is 6.49. The van der Waals surface area contributed by atoms with Gasteiger partial charge in [0, 0.05) is 53.3 Å². The predicted octanol–water partition coefficient (Wildman–Crippen LogP) is 4.70. The number of halogens is 1. The van der Waals surface area contributed by atoms with Gasteiger partial charge in [-0.1, -0.05) is 24.3 Å². The third-order valence-electron chi connectivity index (χ3n) is 6.49. The van der Waals surface area contributed by atoms with Crippen LogP contribution in [0.15, 0.2) is 24.3 Å². The molecule has 2 atom stereocenters. The fraction of sp³-hybridized carbons (Fsp3) is 0.481. The van der Waals surface area contributed by atoms with Gasteiger partial charge in [0.25, 0.3) is 0 Å². The first-order chi connectivity index (χ1) is 16.3. The van der Waals surface area contributed by atoms with Gasteiger partial charge in [-0.2, -0.15) is 0 Å². The largest absolute Gasteiger partial charge is 0.481 e. The molecule has 2 aliphatic rings. The quantitative estimate of drug-likeness (QED) is 0.441.